The maximum absolute atomic E-state index is 8.40. The van der Waals surface area contributed by atoms with E-state index in [0.29, 0.717) is 6.42 Å². The van der Waals surface area contributed by atoms with E-state index in [-0.39, 0.29) is 0 Å². The molecule has 1 aromatic carbocycles. The average Bonchev–Trinajstić information content (AvgIpc) is 2.65. The van der Waals surface area contributed by atoms with Gasteiger partial charge in [0, 0.05) is 24.2 Å². The van der Waals surface area contributed by atoms with Gasteiger partial charge in [-0.05, 0) is 11.6 Å². The van der Waals surface area contributed by atoms with Crippen LogP contribution in [0.5, 0.6) is 0 Å². The van der Waals surface area contributed by atoms with Crippen LogP contribution in [0, 0.1) is 0 Å². The monoisotopic (exact) mass is 204 g/mol. The lowest BCUT2D eigenvalue weighted by molar-refractivity contribution is 0.179. The Morgan fingerprint density at radius 3 is 3.00 bits per heavy atom. The fraction of sp³-hybridized carbons (Fsp3) is 0.182. The molecule has 1 heterocycles. The SMILES string of the molecule is COn1cc(C/C=N/O)c2ccccc21. The summed E-state index contributed by atoms with van der Waals surface area (Å²) in [4.78, 5) is 5.20. The van der Waals surface area contributed by atoms with Gasteiger partial charge < -0.3 is 10.0 Å². The third kappa shape index (κ3) is 1.66. The molecule has 0 bridgehead atoms. The second kappa shape index (κ2) is 4.04. The number of aromatic nitrogens is 1. The van der Waals surface area contributed by atoms with E-state index in [4.69, 9.17) is 10.0 Å². The van der Waals surface area contributed by atoms with Crippen molar-refractivity contribution in [2.75, 3.05) is 7.11 Å². The van der Waals surface area contributed by atoms with Gasteiger partial charge in [0.1, 0.15) is 7.11 Å². The summed E-state index contributed by atoms with van der Waals surface area (Å²) in [6.07, 6.45) is 3.95. The van der Waals surface area contributed by atoms with Crippen molar-refractivity contribution in [1.29, 1.82) is 0 Å². The molecule has 2 rings (SSSR count). The fourth-order valence-electron chi connectivity index (χ4n) is 1.67. The topological polar surface area (TPSA) is 46.8 Å². The van der Waals surface area contributed by atoms with Gasteiger partial charge in [-0.3, -0.25) is 0 Å². The minimum absolute atomic E-state index is 0.591. The molecule has 0 amide bonds. The van der Waals surface area contributed by atoms with Crippen molar-refractivity contribution in [3.63, 3.8) is 0 Å². The number of hydrogen-bond acceptors (Lipinski definition) is 3. The van der Waals surface area contributed by atoms with Crippen molar-refractivity contribution < 1.29 is 10.0 Å². The van der Waals surface area contributed by atoms with E-state index >= 15 is 0 Å². The molecule has 0 aliphatic heterocycles. The summed E-state index contributed by atoms with van der Waals surface area (Å²) in [6, 6.07) is 7.94. The summed E-state index contributed by atoms with van der Waals surface area (Å²) >= 11 is 0. The van der Waals surface area contributed by atoms with Crippen molar-refractivity contribution in [3.8, 4) is 0 Å². The van der Waals surface area contributed by atoms with Gasteiger partial charge in [0.2, 0.25) is 0 Å². The zero-order chi connectivity index (χ0) is 10.7. The molecule has 0 spiro atoms. The lowest BCUT2D eigenvalue weighted by atomic mass is 10.1. The predicted molar refractivity (Wildman–Crippen MR) is 58.4 cm³/mol. The molecule has 1 aromatic heterocycles. The molecule has 0 fully saturated rings. The Kier molecular flexibility index (Phi) is 2.58. The van der Waals surface area contributed by atoms with Crippen LogP contribution in [0.1, 0.15) is 5.56 Å². The van der Waals surface area contributed by atoms with E-state index in [1.54, 1.807) is 11.8 Å². The molecule has 0 unspecified atom stereocenters. The number of oxime groups is 1. The molecule has 0 saturated heterocycles. The number of benzene rings is 1. The maximum Gasteiger partial charge on any atom is 0.104 e. The lowest BCUT2D eigenvalue weighted by Gasteiger charge is -2.00. The minimum Gasteiger partial charge on any atom is -0.417 e. The van der Waals surface area contributed by atoms with E-state index in [2.05, 4.69) is 5.16 Å². The van der Waals surface area contributed by atoms with Crippen molar-refractivity contribution in [1.82, 2.24) is 4.73 Å². The van der Waals surface area contributed by atoms with Crippen molar-refractivity contribution >= 4 is 17.1 Å². The van der Waals surface area contributed by atoms with Crippen LogP contribution in [-0.4, -0.2) is 23.3 Å². The molecule has 0 aliphatic carbocycles. The maximum atomic E-state index is 8.40. The average molecular weight is 204 g/mol. The van der Waals surface area contributed by atoms with Gasteiger partial charge in [-0.25, -0.2) is 0 Å². The number of hydrogen-bond donors (Lipinski definition) is 1. The van der Waals surface area contributed by atoms with Crippen LogP contribution in [0.25, 0.3) is 10.9 Å². The summed E-state index contributed by atoms with van der Waals surface area (Å²) in [7, 11) is 1.62. The molecule has 0 saturated carbocycles. The van der Waals surface area contributed by atoms with Crippen molar-refractivity contribution in [2.24, 2.45) is 5.16 Å². The molecule has 0 aliphatic rings. The Balaban J connectivity index is 2.54. The van der Waals surface area contributed by atoms with Gasteiger partial charge in [-0.2, -0.15) is 4.73 Å². The summed E-state index contributed by atoms with van der Waals surface area (Å²) in [5.41, 5.74) is 2.09. The highest BCUT2D eigenvalue weighted by atomic mass is 16.6. The zero-order valence-corrected chi connectivity index (χ0v) is 8.42. The van der Waals surface area contributed by atoms with Crippen LogP contribution in [-0.2, 0) is 6.42 Å². The smallest absolute Gasteiger partial charge is 0.104 e. The largest absolute Gasteiger partial charge is 0.417 e. The van der Waals surface area contributed by atoms with E-state index in [0.717, 1.165) is 16.5 Å². The third-order valence-electron chi connectivity index (χ3n) is 2.35. The van der Waals surface area contributed by atoms with Gasteiger partial charge in [0.25, 0.3) is 0 Å². The van der Waals surface area contributed by atoms with Gasteiger partial charge in [0.05, 0.1) is 5.52 Å². The highest BCUT2D eigenvalue weighted by Gasteiger charge is 2.06. The Morgan fingerprint density at radius 2 is 2.27 bits per heavy atom. The standard InChI is InChI=1S/C11H12N2O2/c1-15-13-8-9(6-7-12-14)10-4-2-3-5-11(10)13/h2-5,7-8,14H,6H2,1H3/b12-7+. The Hall–Kier alpha value is -1.97. The van der Waals surface area contributed by atoms with Crippen molar-refractivity contribution in [2.45, 2.75) is 6.42 Å². The molecule has 78 valence electrons. The number of para-hydroxylation sites is 1. The quantitative estimate of drug-likeness (QED) is 0.470. The highest BCUT2D eigenvalue weighted by Crippen LogP contribution is 2.20. The molecule has 4 heteroatoms. The van der Waals surface area contributed by atoms with Crippen LogP contribution < -0.4 is 4.84 Å². The Labute approximate surface area is 87.3 Å². The molecule has 0 radical (unpaired) electrons. The summed E-state index contributed by atoms with van der Waals surface area (Å²) in [5.74, 6) is 0. The summed E-state index contributed by atoms with van der Waals surface area (Å²) in [6.45, 7) is 0. The number of nitrogens with zero attached hydrogens (tertiary/aromatic N) is 2. The third-order valence-corrected chi connectivity index (χ3v) is 2.35. The minimum atomic E-state index is 0.591. The Bertz CT molecular complexity index is 488. The van der Waals surface area contributed by atoms with E-state index in [1.807, 2.05) is 30.5 Å². The lowest BCUT2D eigenvalue weighted by Crippen LogP contribution is -2.02. The first-order valence-electron chi connectivity index (χ1n) is 4.66. The first kappa shape index (κ1) is 9.58. The van der Waals surface area contributed by atoms with Crippen LogP contribution in [0.3, 0.4) is 0 Å². The summed E-state index contributed by atoms with van der Waals surface area (Å²) in [5, 5.41) is 12.5. The fourth-order valence-corrected chi connectivity index (χ4v) is 1.67. The molecule has 0 atom stereocenters. The first-order chi connectivity index (χ1) is 7.36. The van der Waals surface area contributed by atoms with E-state index in [9.17, 15) is 0 Å². The molecule has 4 nitrogen and oxygen atoms in total. The van der Waals surface area contributed by atoms with Crippen molar-refractivity contribution in [3.05, 3.63) is 36.0 Å². The predicted octanol–water partition coefficient (Wildman–Crippen LogP) is 1.70. The van der Waals surface area contributed by atoms with E-state index < -0.39 is 0 Å². The molecule has 2 aromatic rings. The zero-order valence-electron chi connectivity index (χ0n) is 8.42. The molecule has 15 heavy (non-hydrogen) atoms. The highest BCUT2D eigenvalue weighted by molar-refractivity contribution is 5.85. The van der Waals surface area contributed by atoms with Crippen LogP contribution in [0.15, 0.2) is 35.6 Å². The second-order valence-electron chi connectivity index (χ2n) is 3.18. The second-order valence-corrected chi connectivity index (χ2v) is 3.18. The number of rotatable bonds is 3. The van der Waals surface area contributed by atoms with Crippen LogP contribution >= 0.6 is 0 Å². The number of fused-ring (bicyclic) bond motifs is 1. The Morgan fingerprint density at radius 1 is 1.47 bits per heavy atom. The molecular formula is C11H12N2O2. The molecular weight excluding hydrogens is 192 g/mol. The van der Waals surface area contributed by atoms with Gasteiger partial charge in [0.15, 0.2) is 0 Å². The van der Waals surface area contributed by atoms with Crippen LogP contribution in [0.2, 0.25) is 0 Å². The van der Waals surface area contributed by atoms with Gasteiger partial charge >= 0.3 is 0 Å². The normalized spacial score (nSPS) is 11.3. The molecule has 1 N–H and O–H groups in total. The van der Waals surface area contributed by atoms with Gasteiger partial charge in [-0.1, -0.05) is 18.2 Å². The summed E-state index contributed by atoms with van der Waals surface area (Å²) < 4.78 is 1.70. The van der Waals surface area contributed by atoms with Gasteiger partial charge in [-0.15, -0.1) is 5.16 Å². The first-order valence-corrected chi connectivity index (χ1v) is 4.66. The van der Waals surface area contributed by atoms with E-state index in [1.165, 1.54) is 6.21 Å². The van der Waals surface area contributed by atoms with Crippen LogP contribution in [0.4, 0.5) is 0 Å².